The molecule has 0 unspecified atom stereocenters. The molecule has 6 heteroatoms. The molecule has 1 heterocycles. The van der Waals surface area contributed by atoms with Crippen LogP contribution < -0.4 is 9.64 Å². The van der Waals surface area contributed by atoms with E-state index in [1.54, 1.807) is 6.07 Å². The third-order valence-electron chi connectivity index (χ3n) is 3.87. The van der Waals surface area contributed by atoms with E-state index in [-0.39, 0.29) is 18.1 Å². The number of hydrogen-bond acceptors (Lipinski definition) is 2. The van der Waals surface area contributed by atoms with Gasteiger partial charge < -0.3 is 4.74 Å². The quantitative estimate of drug-likeness (QED) is 0.819. The van der Waals surface area contributed by atoms with Gasteiger partial charge in [0.1, 0.15) is 5.75 Å². The summed E-state index contributed by atoms with van der Waals surface area (Å²) in [5.74, 6) is -0.507. The molecule has 0 radical (unpaired) electrons. The lowest BCUT2D eigenvalue weighted by atomic mass is 10.1. The highest BCUT2D eigenvalue weighted by Gasteiger charge is 2.33. The predicted octanol–water partition coefficient (Wildman–Crippen LogP) is 4.42. The van der Waals surface area contributed by atoms with Gasteiger partial charge >= 0.3 is 6.36 Å². The lowest BCUT2D eigenvalue weighted by molar-refractivity contribution is -0.274. The van der Waals surface area contributed by atoms with Crippen molar-refractivity contribution in [3.63, 3.8) is 0 Å². The standard InChI is InChI=1S/C17H14F3NO2/c1-10-3-5-13(7-11(10)2)21-15-9-14(23-17(18,19)20)6-4-12(15)8-16(21)22/h3-7,9H,8H2,1-2H3. The number of carbonyl (C=O) groups is 1. The molecule has 2 aromatic rings. The number of carbonyl (C=O) groups excluding carboxylic acids is 1. The zero-order chi connectivity index (χ0) is 16.8. The SMILES string of the molecule is Cc1ccc(N2C(=O)Cc3ccc(OC(F)(F)F)cc32)cc1C. The fourth-order valence-electron chi connectivity index (χ4n) is 2.62. The molecule has 120 valence electrons. The number of alkyl halides is 3. The number of anilines is 2. The Hall–Kier alpha value is -2.50. The van der Waals surface area contributed by atoms with E-state index in [1.807, 2.05) is 26.0 Å². The summed E-state index contributed by atoms with van der Waals surface area (Å²) >= 11 is 0. The van der Waals surface area contributed by atoms with E-state index in [0.29, 0.717) is 16.9 Å². The van der Waals surface area contributed by atoms with Crippen molar-refractivity contribution in [1.29, 1.82) is 0 Å². The molecule has 0 atom stereocenters. The van der Waals surface area contributed by atoms with Gasteiger partial charge in [0.15, 0.2) is 0 Å². The van der Waals surface area contributed by atoms with Crippen molar-refractivity contribution in [3.8, 4) is 5.75 Å². The number of rotatable bonds is 2. The summed E-state index contributed by atoms with van der Waals surface area (Å²) in [6.45, 7) is 3.87. The van der Waals surface area contributed by atoms with Crippen LogP contribution in [-0.2, 0) is 11.2 Å². The summed E-state index contributed by atoms with van der Waals surface area (Å²) in [5, 5.41) is 0. The maximum atomic E-state index is 12.4. The molecule has 1 aliphatic rings. The molecule has 1 amide bonds. The average molecular weight is 321 g/mol. The van der Waals surface area contributed by atoms with E-state index in [0.717, 1.165) is 11.1 Å². The molecule has 2 aromatic carbocycles. The number of ether oxygens (including phenoxy) is 1. The van der Waals surface area contributed by atoms with E-state index < -0.39 is 6.36 Å². The van der Waals surface area contributed by atoms with E-state index in [1.165, 1.54) is 23.1 Å². The molecule has 0 fully saturated rings. The van der Waals surface area contributed by atoms with Crippen molar-refractivity contribution in [2.75, 3.05) is 4.90 Å². The van der Waals surface area contributed by atoms with Crippen LogP contribution in [0, 0.1) is 13.8 Å². The number of nitrogens with zero attached hydrogens (tertiary/aromatic N) is 1. The van der Waals surface area contributed by atoms with Gasteiger partial charge in [0.05, 0.1) is 12.1 Å². The van der Waals surface area contributed by atoms with Crippen LogP contribution >= 0.6 is 0 Å². The van der Waals surface area contributed by atoms with Gasteiger partial charge in [-0.25, -0.2) is 0 Å². The zero-order valence-corrected chi connectivity index (χ0v) is 12.6. The number of fused-ring (bicyclic) bond motifs is 1. The second-order valence-electron chi connectivity index (χ2n) is 5.51. The molecular weight excluding hydrogens is 307 g/mol. The molecule has 0 saturated carbocycles. The van der Waals surface area contributed by atoms with Crippen LogP contribution in [0.1, 0.15) is 16.7 Å². The number of benzene rings is 2. The Kier molecular flexibility index (Phi) is 3.55. The van der Waals surface area contributed by atoms with Crippen molar-refractivity contribution in [3.05, 3.63) is 53.1 Å². The summed E-state index contributed by atoms with van der Waals surface area (Å²) in [6, 6.07) is 9.49. The van der Waals surface area contributed by atoms with E-state index >= 15 is 0 Å². The van der Waals surface area contributed by atoms with Gasteiger partial charge in [-0.3, -0.25) is 9.69 Å². The summed E-state index contributed by atoms with van der Waals surface area (Å²) < 4.78 is 41.1. The molecule has 0 aromatic heterocycles. The van der Waals surface area contributed by atoms with Crippen molar-refractivity contribution in [1.82, 2.24) is 0 Å². The Morgan fingerprint density at radius 3 is 2.43 bits per heavy atom. The van der Waals surface area contributed by atoms with Gasteiger partial charge in [-0.05, 0) is 48.7 Å². The minimum absolute atomic E-state index is 0.161. The maximum Gasteiger partial charge on any atom is 0.573 e. The molecule has 0 saturated heterocycles. The van der Waals surface area contributed by atoms with E-state index in [2.05, 4.69) is 4.74 Å². The average Bonchev–Trinajstić information content (AvgIpc) is 2.76. The summed E-state index contributed by atoms with van der Waals surface area (Å²) in [4.78, 5) is 13.7. The highest BCUT2D eigenvalue weighted by molar-refractivity contribution is 6.07. The summed E-state index contributed by atoms with van der Waals surface area (Å²) in [6.07, 6.45) is -4.60. The summed E-state index contributed by atoms with van der Waals surface area (Å²) in [7, 11) is 0. The second-order valence-corrected chi connectivity index (χ2v) is 5.51. The normalized spacial score (nSPS) is 14.1. The lowest BCUT2D eigenvalue weighted by Crippen LogP contribution is -2.21. The fourth-order valence-corrected chi connectivity index (χ4v) is 2.62. The largest absolute Gasteiger partial charge is 0.573 e. The number of hydrogen-bond donors (Lipinski definition) is 0. The molecule has 0 N–H and O–H groups in total. The maximum absolute atomic E-state index is 12.4. The van der Waals surface area contributed by atoms with Gasteiger partial charge in [0, 0.05) is 11.8 Å². The Balaban J connectivity index is 2.03. The predicted molar refractivity (Wildman–Crippen MR) is 79.9 cm³/mol. The minimum atomic E-state index is -4.76. The van der Waals surface area contributed by atoms with E-state index in [4.69, 9.17) is 0 Å². The first-order valence-corrected chi connectivity index (χ1v) is 7.03. The molecule has 3 rings (SSSR count). The molecular formula is C17H14F3NO2. The van der Waals surface area contributed by atoms with Crippen LogP contribution in [0.25, 0.3) is 0 Å². The Bertz CT molecular complexity index is 784. The minimum Gasteiger partial charge on any atom is -0.406 e. The smallest absolute Gasteiger partial charge is 0.406 e. The Labute approximate surface area is 131 Å². The van der Waals surface area contributed by atoms with Crippen LogP contribution in [-0.4, -0.2) is 12.3 Å². The number of aryl methyl sites for hydroxylation is 2. The van der Waals surface area contributed by atoms with Crippen molar-refractivity contribution in [2.45, 2.75) is 26.6 Å². The Morgan fingerprint density at radius 2 is 1.78 bits per heavy atom. The van der Waals surface area contributed by atoms with Crippen molar-refractivity contribution >= 4 is 17.3 Å². The van der Waals surface area contributed by atoms with Crippen LogP contribution in [0.3, 0.4) is 0 Å². The number of halogens is 3. The first-order valence-electron chi connectivity index (χ1n) is 7.03. The zero-order valence-electron chi connectivity index (χ0n) is 12.6. The highest BCUT2D eigenvalue weighted by atomic mass is 19.4. The number of amides is 1. The first kappa shape index (κ1) is 15.4. The third-order valence-corrected chi connectivity index (χ3v) is 3.87. The molecule has 0 bridgehead atoms. The first-order chi connectivity index (χ1) is 10.7. The van der Waals surface area contributed by atoms with Gasteiger partial charge in [-0.2, -0.15) is 0 Å². The van der Waals surface area contributed by atoms with E-state index in [9.17, 15) is 18.0 Å². The van der Waals surface area contributed by atoms with Crippen LogP contribution in [0.2, 0.25) is 0 Å². The fraction of sp³-hybridized carbons (Fsp3) is 0.235. The molecule has 23 heavy (non-hydrogen) atoms. The van der Waals surface area contributed by atoms with Crippen LogP contribution in [0.15, 0.2) is 36.4 Å². The van der Waals surface area contributed by atoms with Gasteiger partial charge in [-0.15, -0.1) is 13.2 Å². The van der Waals surface area contributed by atoms with Crippen LogP contribution in [0.5, 0.6) is 5.75 Å². The lowest BCUT2D eigenvalue weighted by Gasteiger charge is -2.19. The third kappa shape index (κ3) is 3.02. The molecule has 0 spiro atoms. The monoisotopic (exact) mass is 321 g/mol. The second kappa shape index (κ2) is 5.30. The Morgan fingerprint density at radius 1 is 1.04 bits per heavy atom. The van der Waals surface area contributed by atoms with Gasteiger partial charge in [-0.1, -0.05) is 12.1 Å². The van der Waals surface area contributed by atoms with Crippen LogP contribution in [0.4, 0.5) is 24.5 Å². The van der Waals surface area contributed by atoms with Gasteiger partial charge in [0.25, 0.3) is 0 Å². The summed E-state index contributed by atoms with van der Waals surface area (Å²) in [5.41, 5.74) is 3.84. The van der Waals surface area contributed by atoms with Gasteiger partial charge in [0.2, 0.25) is 5.91 Å². The highest BCUT2D eigenvalue weighted by Crippen LogP contribution is 2.39. The molecule has 3 nitrogen and oxygen atoms in total. The molecule has 0 aliphatic carbocycles. The topological polar surface area (TPSA) is 29.5 Å². The van der Waals surface area contributed by atoms with Crippen molar-refractivity contribution < 1.29 is 22.7 Å². The molecule has 1 aliphatic heterocycles. The van der Waals surface area contributed by atoms with Crippen molar-refractivity contribution in [2.24, 2.45) is 0 Å².